The third kappa shape index (κ3) is 2.21. The van der Waals surface area contributed by atoms with E-state index >= 15 is 0 Å². The van der Waals surface area contributed by atoms with Crippen LogP contribution in [0.5, 0.6) is 0 Å². The van der Waals surface area contributed by atoms with Gasteiger partial charge in [-0.05, 0) is 12.5 Å². The number of alkyl halides is 1. The Morgan fingerprint density at radius 1 is 1.27 bits per heavy atom. The Morgan fingerprint density at radius 3 is 2.27 bits per heavy atom. The summed E-state index contributed by atoms with van der Waals surface area (Å²) in [5, 5.41) is 0. The van der Waals surface area contributed by atoms with E-state index in [1.165, 1.54) is 12.1 Å². The fraction of sp³-hybridized carbons (Fsp3) is 0.273. The van der Waals surface area contributed by atoms with Crippen molar-refractivity contribution >= 4 is 11.8 Å². The SMILES string of the molecule is COC(=O)C(=O)C(C)(F)c1ccccc1. The van der Waals surface area contributed by atoms with Crippen molar-refractivity contribution in [3.05, 3.63) is 35.9 Å². The molecule has 15 heavy (non-hydrogen) atoms. The van der Waals surface area contributed by atoms with Gasteiger partial charge in [-0.2, -0.15) is 0 Å². The first-order valence-corrected chi connectivity index (χ1v) is 4.37. The molecule has 0 fully saturated rings. The number of carbonyl (C=O) groups is 2. The molecule has 1 aromatic rings. The second-order valence-corrected chi connectivity index (χ2v) is 3.19. The summed E-state index contributed by atoms with van der Waals surface area (Å²) in [4.78, 5) is 22.3. The Labute approximate surface area is 86.9 Å². The highest BCUT2D eigenvalue weighted by Crippen LogP contribution is 2.26. The molecule has 0 amide bonds. The summed E-state index contributed by atoms with van der Waals surface area (Å²) >= 11 is 0. The molecule has 1 rings (SSSR count). The summed E-state index contributed by atoms with van der Waals surface area (Å²) in [5.74, 6) is -2.37. The minimum absolute atomic E-state index is 0.139. The molecule has 3 nitrogen and oxygen atoms in total. The second kappa shape index (κ2) is 4.21. The van der Waals surface area contributed by atoms with Gasteiger partial charge in [0.05, 0.1) is 7.11 Å². The molecule has 0 aliphatic carbocycles. The maximum atomic E-state index is 14.0. The van der Waals surface area contributed by atoms with Gasteiger partial charge in [-0.25, -0.2) is 9.18 Å². The highest BCUT2D eigenvalue weighted by molar-refractivity contribution is 6.36. The summed E-state index contributed by atoms with van der Waals surface area (Å²) in [6, 6.07) is 7.78. The van der Waals surface area contributed by atoms with E-state index in [1.807, 2.05) is 0 Å². The molecule has 0 bridgehead atoms. The summed E-state index contributed by atoms with van der Waals surface area (Å²) in [5.41, 5.74) is -2.20. The fourth-order valence-corrected chi connectivity index (χ4v) is 1.17. The van der Waals surface area contributed by atoms with Crippen LogP contribution in [0.25, 0.3) is 0 Å². The number of hydrogen-bond acceptors (Lipinski definition) is 3. The number of Topliss-reactive ketones (excluding diaryl/α,β-unsaturated/α-hetero) is 1. The first kappa shape index (κ1) is 11.4. The van der Waals surface area contributed by atoms with Crippen LogP contribution in [0.3, 0.4) is 0 Å². The average Bonchev–Trinajstić information content (AvgIpc) is 2.28. The maximum Gasteiger partial charge on any atom is 0.378 e. The molecule has 0 saturated carbocycles. The zero-order chi connectivity index (χ0) is 11.5. The maximum absolute atomic E-state index is 14.0. The normalized spacial score (nSPS) is 14.1. The number of rotatable bonds is 3. The summed E-state index contributed by atoms with van der Waals surface area (Å²) in [6.45, 7) is 1.04. The van der Waals surface area contributed by atoms with Crippen LogP contribution in [-0.2, 0) is 20.0 Å². The molecule has 1 unspecified atom stereocenters. The number of benzene rings is 1. The summed E-state index contributed by atoms with van der Waals surface area (Å²) in [6.07, 6.45) is 0. The number of carbonyl (C=O) groups excluding carboxylic acids is 2. The van der Waals surface area contributed by atoms with E-state index in [4.69, 9.17) is 0 Å². The van der Waals surface area contributed by atoms with Crippen molar-refractivity contribution in [1.82, 2.24) is 0 Å². The lowest BCUT2D eigenvalue weighted by atomic mass is 9.93. The highest BCUT2D eigenvalue weighted by atomic mass is 19.1. The van der Waals surface area contributed by atoms with Crippen molar-refractivity contribution in [2.75, 3.05) is 7.11 Å². The van der Waals surface area contributed by atoms with Gasteiger partial charge in [-0.1, -0.05) is 30.3 Å². The summed E-state index contributed by atoms with van der Waals surface area (Å²) < 4.78 is 18.2. The molecule has 0 spiro atoms. The monoisotopic (exact) mass is 210 g/mol. The lowest BCUT2D eigenvalue weighted by Crippen LogP contribution is -2.34. The molecule has 0 heterocycles. The molecular formula is C11H11FO3. The number of hydrogen-bond donors (Lipinski definition) is 0. The van der Waals surface area contributed by atoms with Gasteiger partial charge in [0.15, 0.2) is 0 Å². The number of ketones is 1. The largest absolute Gasteiger partial charge is 0.463 e. The van der Waals surface area contributed by atoms with Crippen LogP contribution < -0.4 is 0 Å². The van der Waals surface area contributed by atoms with Crippen LogP contribution in [0.2, 0.25) is 0 Å². The van der Waals surface area contributed by atoms with Crippen LogP contribution >= 0.6 is 0 Å². The zero-order valence-corrected chi connectivity index (χ0v) is 8.49. The minimum Gasteiger partial charge on any atom is -0.463 e. The number of esters is 1. The highest BCUT2D eigenvalue weighted by Gasteiger charge is 2.40. The van der Waals surface area contributed by atoms with Crippen LogP contribution in [0, 0.1) is 0 Å². The third-order valence-corrected chi connectivity index (χ3v) is 2.11. The minimum atomic E-state index is -2.34. The predicted molar refractivity (Wildman–Crippen MR) is 51.9 cm³/mol. The zero-order valence-electron chi connectivity index (χ0n) is 8.49. The summed E-state index contributed by atoms with van der Waals surface area (Å²) in [7, 11) is 1.04. The molecule has 4 heteroatoms. The smallest absolute Gasteiger partial charge is 0.378 e. The van der Waals surface area contributed by atoms with Crippen LogP contribution in [0.1, 0.15) is 12.5 Å². The number of halogens is 1. The second-order valence-electron chi connectivity index (χ2n) is 3.19. The van der Waals surface area contributed by atoms with E-state index in [-0.39, 0.29) is 5.56 Å². The van der Waals surface area contributed by atoms with Crippen molar-refractivity contribution in [2.45, 2.75) is 12.6 Å². The first-order chi connectivity index (χ1) is 7.00. The Hall–Kier alpha value is -1.71. The average molecular weight is 210 g/mol. The van der Waals surface area contributed by atoms with Gasteiger partial charge in [0, 0.05) is 0 Å². The molecule has 1 aromatic carbocycles. The molecule has 80 valence electrons. The van der Waals surface area contributed by atoms with Gasteiger partial charge in [0.25, 0.3) is 5.78 Å². The van der Waals surface area contributed by atoms with E-state index < -0.39 is 17.4 Å². The Balaban J connectivity index is 3.03. The Morgan fingerprint density at radius 2 is 1.80 bits per heavy atom. The van der Waals surface area contributed by atoms with E-state index in [2.05, 4.69) is 4.74 Å². The number of ether oxygens (including phenoxy) is 1. The van der Waals surface area contributed by atoms with E-state index in [0.29, 0.717) is 0 Å². The van der Waals surface area contributed by atoms with Gasteiger partial charge in [0.1, 0.15) is 0 Å². The standard InChI is InChI=1S/C11H11FO3/c1-11(12,9(13)10(14)15-2)8-6-4-3-5-7-8/h3-7H,1-2H3. The predicted octanol–water partition coefficient (Wildman–Crippen LogP) is 1.61. The van der Waals surface area contributed by atoms with Gasteiger partial charge in [-0.15, -0.1) is 0 Å². The van der Waals surface area contributed by atoms with Crippen molar-refractivity contribution in [1.29, 1.82) is 0 Å². The van der Waals surface area contributed by atoms with E-state index in [0.717, 1.165) is 14.0 Å². The van der Waals surface area contributed by atoms with Crippen molar-refractivity contribution in [3.63, 3.8) is 0 Å². The van der Waals surface area contributed by atoms with E-state index in [1.54, 1.807) is 18.2 Å². The van der Waals surface area contributed by atoms with Gasteiger partial charge >= 0.3 is 5.97 Å². The van der Waals surface area contributed by atoms with Crippen LogP contribution in [-0.4, -0.2) is 18.9 Å². The number of methoxy groups -OCH3 is 1. The molecule has 1 atom stereocenters. The van der Waals surface area contributed by atoms with Gasteiger partial charge in [-0.3, -0.25) is 4.79 Å². The molecule has 0 aromatic heterocycles. The first-order valence-electron chi connectivity index (χ1n) is 4.37. The van der Waals surface area contributed by atoms with Crippen molar-refractivity contribution in [3.8, 4) is 0 Å². The quantitative estimate of drug-likeness (QED) is 0.562. The molecule has 0 aliphatic rings. The van der Waals surface area contributed by atoms with Gasteiger partial charge in [0.2, 0.25) is 5.67 Å². The Kier molecular flexibility index (Phi) is 3.19. The Bertz CT molecular complexity index is 371. The molecule has 0 N–H and O–H groups in total. The van der Waals surface area contributed by atoms with Crippen molar-refractivity contribution in [2.24, 2.45) is 0 Å². The molecule has 0 aliphatic heterocycles. The van der Waals surface area contributed by atoms with Gasteiger partial charge < -0.3 is 4.74 Å². The lowest BCUT2D eigenvalue weighted by molar-refractivity contribution is -0.157. The topological polar surface area (TPSA) is 43.4 Å². The van der Waals surface area contributed by atoms with Crippen LogP contribution in [0.4, 0.5) is 4.39 Å². The van der Waals surface area contributed by atoms with E-state index in [9.17, 15) is 14.0 Å². The fourth-order valence-electron chi connectivity index (χ4n) is 1.17. The molecular weight excluding hydrogens is 199 g/mol. The van der Waals surface area contributed by atoms with Crippen LogP contribution in [0.15, 0.2) is 30.3 Å². The molecule has 0 saturated heterocycles. The lowest BCUT2D eigenvalue weighted by Gasteiger charge is -2.17. The third-order valence-electron chi connectivity index (χ3n) is 2.11. The molecule has 0 radical (unpaired) electrons. The van der Waals surface area contributed by atoms with Crippen molar-refractivity contribution < 1.29 is 18.7 Å².